The van der Waals surface area contributed by atoms with Gasteiger partial charge in [-0.15, -0.1) is 0 Å². The molecule has 0 fully saturated rings. The molecule has 94 valence electrons. The van der Waals surface area contributed by atoms with E-state index in [0.717, 1.165) is 17.7 Å². The molecule has 3 N–H and O–H groups in total. The fourth-order valence-corrected chi connectivity index (χ4v) is 1.93. The second-order valence-corrected chi connectivity index (χ2v) is 4.37. The quantitative estimate of drug-likeness (QED) is 0.833. The van der Waals surface area contributed by atoms with Gasteiger partial charge in [0.25, 0.3) is 0 Å². The molecule has 0 aliphatic rings. The number of nitrogens with zero attached hydrogens (tertiary/aromatic N) is 2. The number of benzene rings is 1. The Bertz CT molecular complexity index is 569. The molecule has 18 heavy (non-hydrogen) atoms. The number of nitrogen functional groups attached to an aromatic ring is 1. The molecule has 0 spiro atoms. The Morgan fingerprint density at radius 2 is 2.11 bits per heavy atom. The van der Waals surface area contributed by atoms with Crippen LogP contribution in [0.3, 0.4) is 0 Å². The number of para-hydroxylation sites is 1. The van der Waals surface area contributed by atoms with Crippen molar-refractivity contribution < 1.29 is 0 Å². The first kappa shape index (κ1) is 12.6. The van der Waals surface area contributed by atoms with E-state index < -0.39 is 0 Å². The lowest BCUT2D eigenvalue weighted by molar-refractivity contribution is 1.12. The van der Waals surface area contributed by atoms with Crippen LogP contribution in [0, 0.1) is 6.92 Å². The zero-order chi connectivity index (χ0) is 13.1. The largest absolute Gasteiger partial charge is 0.393 e. The van der Waals surface area contributed by atoms with E-state index in [0.29, 0.717) is 11.5 Å². The number of aryl methyl sites for hydroxylation is 2. The molecule has 0 aliphatic carbocycles. The number of rotatable bonds is 3. The Kier molecular flexibility index (Phi) is 3.67. The zero-order valence-corrected chi connectivity index (χ0v) is 11.1. The van der Waals surface area contributed by atoms with Crippen LogP contribution in [0.1, 0.15) is 18.1 Å². The van der Waals surface area contributed by atoms with Crippen LogP contribution in [0.15, 0.2) is 24.5 Å². The smallest absolute Gasteiger partial charge is 0.158 e. The second kappa shape index (κ2) is 5.23. The average molecular weight is 263 g/mol. The molecule has 0 saturated heterocycles. The van der Waals surface area contributed by atoms with E-state index in [-0.39, 0.29) is 5.15 Å². The minimum atomic E-state index is 0.263. The first-order chi connectivity index (χ1) is 8.63. The van der Waals surface area contributed by atoms with Crippen LogP contribution < -0.4 is 11.1 Å². The van der Waals surface area contributed by atoms with E-state index in [1.165, 1.54) is 11.9 Å². The van der Waals surface area contributed by atoms with Gasteiger partial charge in [-0.25, -0.2) is 9.97 Å². The molecular weight excluding hydrogens is 248 g/mol. The highest BCUT2D eigenvalue weighted by Gasteiger charge is 2.09. The number of hydrogen-bond donors (Lipinski definition) is 2. The summed E-state index contributed by atoms with van der Waals surface area (Å²) in [6.45, 7) is 4.15. The minimum absolute atomic E-state index is 0.263. The number of anilines is 3. The van der Waals surface area contributed by atoms with Gasteiger partial charge in [0, 0.05) is 5.69 Å². The van der Waals surface area contributed by atoms with Crippen LogP contribution in [-0.2, 0) is 6.42 Å². The van der Waals surface area contributed by atoms with Crippen molar-refractivity contribution in [3.63, 3.8) is 0 Å². The van der Waals surface area contributed by atoms with Crippen molar-refractivity contribution in [3.05, 3.63) is 40.8 Å². The molecular formula is C13H15ClN4. The Hall–Kier alpha value is -1.81. The predicted molar refractivity (Wildman–Crippen MR) is 75.3 cm³/mol. The fourth-order valence-electron chi connectivity index (χ4n) is 1.79. The molecule has 2 aromatic rings. The van der Waals surface area contributed by atoms with Crippen molar-refractivity contribution in [3.8, 4) is 0 Å². The summed E-state index contributed by atoms with van der Waals surface area (Å²) in [5.41, 5.74) is 9.60. The molecule has 1 aromatic heterocycles. The molecule has 0 saturated carbocycles. The van der Waals surface area contributed by atoms with E-state index in [1.54, 1.807) is 0 Å². The number of halogens is 1. The summed E-state index contributed by atoms with van der Waals surface area (Å²) < 4.78 is 0. The average Bonchev–Trinajstić information content (AvgIpc) is 2.37. The summed E-state index contributed by atoms with van der Waals surface area (Å²) in [4.78, 5) is 7.95. The van der Waals surface area contributed by atoms with E-state index in [1.807, 2.05) is 19.1 Å². The van der Waals surface area contributed by atoms with Crippen molar-refractivity contribution in [1.29, 1.82) is 0 Å². The molecule has 0 unspecified atom stereocenters. The molecule has 1 heterocycles. The molecule has 5 heteroatoms. The lowest BCUT2D eigenvalue weighted by Crippen LogP contribution is -2.04. The van der Waals surface area contributed by atoms with E-state index in [2.05, 4.69) is 28.3 Å². The third-order valence-corrected chi connectivity index (χ3v) is 3.12. The SMILES string of the molecule is CCc1cccc(C)c1Nc1ncnc(Cl)c1N. The van der Waals surface area contributed by atoms with E-state index >= 15 is 0 Å². The molecule has 0 atom stereocenters. The lowest BCUT2D eigenvalue weighted by Gasteiger charge is -2.14. The summed E-state index contributed by atoms with van der Waals surface area (Å²) in [6.07, 6.45) is 2.33. The third-order valence-electron chi connectivity index (χ3n) is 2.82. The van der Waals surface area contributed by atoms with Gasteiger partial charge in [0.05, 0.1) is 0 Å². The number of aromatic nitrogens is 2. The van der Waals surface area contributed by atoms with Crippen LogP contribution in [0.4, 0.5) is 17.2 Å². The Morgan fingerprint density at radius 3 is 2.83 bits per heavy atom. The maximum atomic E-state index is 5.88. The summed E-state index contributed by atoms with van der Waals surface area (Å²) in [6, 6.07) is 6.16. The van der Waals surface area contributed by atoms with Crippen molar-refractivity contribution in [1.82, 2.24) is 9.97 Å². The van der Waals surface area contributed by atoms with Crippen molar-refractivity contribution in [2.45, 2.75) is 20.3 Å². The Morgan fingerprint density at radius 1 is 1.33 bits per heavy atom. The van der Waals surface area contributed by atoms with E-state index in [4.69, 9.17) is 17.3 Å². The molecule has 2 rings (SSSR count). The normalized spacial score (nSPS) is 10.4. The van der Waals surface area contributed by atoms with Crippen LogP contribution in [0.2, 0.25) is 5.15 Å². The standard InChI is InChI=1S/C13H15ClN4/c1-3-9-6-4-5-8(2)11(9)18-13-10(15)12(14)16-7-17-13/h4-7H,3,15H2,1-2H3,(H,16,17,18). The highest BCUT2D eigenvalue weighted by molar-refractivity contribution is 6.32. The molecule has 1 aromatic carbocycles. The van der Waals surface area contributed by atoms with Crippen LogP contribution in [-0.4, -0.2) is 9.97 Å². The molecule has 0 aliphatic heterocycles. The summed E-state index contributed by atoms with van der Waals surface area (Å²) >= 11 is 5.88. The first-order valence-corrected chi connectivity index (χ1v) is 6.12. The lowest BCUT2D eigenvalue weighted by atomic mass is 10.1. The molecule has 4 nitrogen and oxygen atoms in total. The van der Waals surface area contributed by atoms with Gasteiger partial charge < -0.3 is 11.1 Å². The van der Waals surface area contributed by atoms with E-state index in [9.17, 15) is 0 Å². The highest BCUT2D eigenvalue weighted by Crippen LogP contribution is 2.29. The number of hydrogen-bond acceptors (Lipinski definition) is 4. The third kappa shape index (κ3) is 2.38. The van der Waals surface area contributed by atoms with Gasteiger partial charge in [-0.2, -0.15) is 0 Å². The van der Waals surface area contributed by atoms with Crippen molar-refractivity contribution in [2.75, 3.05) is 11.1 Å². The van der Waals surface area contributed by atoms with Gasteiger partial charge >= 0.3 is 0 Å². The van der Waals surface area contributed by atoms with Gasteiger partial charge in [0.2, 0.25) is 0 Å². The maximum Gasteiger partial charge on any atom is 0.158 e. The van der Waals surface area contributed by atoms with Gasteiger partial charge in [0.15, 0.2) is 11.0 Å². The second-order valence-electron chi connectivity index (χ2n) is 4.01. The van der Waals surface area contributed by atoms with Crippen LogP contribution in [0.5, 0.6) is 0 Å². The van der Waals surface area contributed by atoms with Gasteiger partial charge in [0.1, 0.15) is 12.0 Å². The first-order valence-electron chi connectivity index (χ1n) is 5.75. The molecule has 0 radical (unpaired) electrons. The Labute approximate surface area is 111 Å². The maximum absolute atomic E-state index is 5.88. The summed E-state index contributed by atoms with van der Waals surface area (Å²) in [5, 5.41) is 3.50. The zero-order valence-electron chi connectivity index (χ0n) is 10.4. The summed E-state index contributed by atoms with van der Waals surface area (Å²) in [7, 11) is 0. The van der Waals surface area contributed by atoms with Crippen molar-refractivity contribution >= 4 is 28.8 Å². The predicted octanol–water partition coefficient (Wildman–Crippen LogP) is 3.33. The molecule has 0 bridgehead atoms. The monoisotopic (exact) mass is 262 g/mol. The summed E-state index contributed by atoms with van der Waals surface area (Å²) in [5.74, 6) is 0.541. The number of nitrogens with one attached hydrogen (secondary N) is 1. The van der Waals surface area contributed by atoms with Crippen LogP contribution in [0.25, 0.3) is 0 Å². The van der Waals surface area contributed by atoms with Gasteiger partial charge in [-0.05, 0) is 24.5 Å². The molecule has 0 amide bonds. The highest BCUT2D eigenvalue weighted by atomic mass is 35.5. The van der Waals surface area contributed by atoms with Gasteiger partial charge in [-0.1, -0.05) is 36.7 Å². The Balaban J connectivity index is 2.43. The topological polar surface area (TPSA) is 63.8 Å². The van der Waals surface area contributed by atoms with Crippen molar-refractivity contribution in [2.24, 2.45) is 0 Å². The van der Waals surface area contributed by atoms with Gasteiger partial charge in [-0.3, -0.25) is 0 Å². The minimum Gasteiger partial charge on any atom is -0.393 e. The fraction of sp³-hybridized carbons (Fsp3) is 0.231. The number of nitrogens with two attached hydrogens (primary N) is 1. The van der Waals surface area contributed by atoms with Crippen LogP contribution >= 0.6 is 11.6 Å².